The first-order valence-corrected chi connectivity index (χ1v) is 7.08. The van der Waals surface area contributed by atoms with Crippen LogP contribution in [0.2, 0.25) is 0 Å². The minimum atomic E-state index is -0.0885. The third-order valence-electron chi connectivity index (χ3n) is 3.35. The van der Waals surface area contributed by atoms with Gasteiger partial charge in [0.1, 0.15) is 0 Å². The van der Waals surface area contributed by atoms with E-state index in [1.54, 1.807) is 0 Å². The number of aryl methyl sites for hydroxylation is 3. The van der Waals surface area contributed by atoms with Crippen molar-refractivity contribution in [3.63, 3.8) is 0 Å². The van der Waals surface area contributed by atoms with Crippen molar-refractivity contribution >= 4 is 0 Å². The van der Waals surface area contributed by atoms with Crippen molar-refractivity contribution in [3.8, 4) is 0 Å². The summed E-state index contributed by atoms with van der Waals surface area (Å²) in [6.45, 7) is 2.52. The zero-order chi connectivity index (χ0) is 15.4. The molecule has 0 N–H and O–H groups in total. The van der Waals surface area contributed by atoms with Gasteiger partial charge in [-0.25, -0.2) is 4.98 Å². The predicted molar refractivity (Wildman–Crippen MR) is 80.5 cm³/mol. The van der Waals surface area contributed by atoms with Crippen molar-refractivity contribution in [2.75, 3.05) is 0 Å². The predicted octanol–water partition coefficient (Wildman–Crippen LogP) is 1.77. The highest BCUT2D eigenvalue weighted by molar-refractivity contribution is 5.23. The topological polar surface area (TPSA) is 73.8 Å². The monoisotopic (exact) mass is 296 g/mol. The van der Waals surface area contributed by atoms with Gasteiger partial charge >= 0.3 is 0 Å². The molecule has 6 heteroatoms. The van der Waals surface area contributed by atoms with E-state index in [1.807, 2.05) is 0 Å². The Hall–Kier alpha value is -2.76. The van der Waals surface area contributed by atoms with Gasteiger partial charge in [-0.15, -0.1) is 0 Å². The normalized spacial score (nSPS) is 10.8. The van der Waals surface area contributed by atoms with Gasteiger partial charge in [-0.2, -0.15) is 4.98 Å². The van der Waals surface area contributed by atoms with Crippen molar-refractivity contribution < 1.29 is 4.52 Å². The van der Waals surface area contributed by atoms with Crippen LogP contribution in [0.3, 0.4) is 0 Å². The standard InChI is InChI=1S/C16H16N4O2/c1-12-2-4-13(5-3-12)10-14-18-15(22-19-14)7-9-20-11-17-8-6-16(20)21/h2-6,8,11H,7,9-10H2,1H3. The van der Waals surface area contributed by atoms with Gasteiger partial charge in [0.05, 0.1) is 6.33 Å². The van der Waals surface area contributed by atoms with E-state index in [0.29, 0.717) is 31.1 Å². The van der Waals surface area contributed by atoms with Gasteiger partial charge in [0.2, 0.25) is 5.89 Å². The highest BCUT2D eigenvalue weighted by Crippen LogP contribution is 2.09. The molecule has 1 aromatic carbocycles. The molecule has 112 valence electrons. The molecule has 2 aromatic heterocycles. The maximum atomic E-state index is 11.6. The minimum absolute atomic E-state index is 0.0885. The third kappa shape index (κ3) is 3.46. The van der Waals surface area contributed by atoms with E-state index in [9.17, 15) is 4.79 Å². The summed E-state index contributed by atoms with van der Waals surface area (Å²) in [7, 11) is 0. The molecule has 0 atom stereocenters. The van der Waals surface area contributed by atoms with Crippen LogP contribution in [0.1, 0.15) is 22.8 Å². The minimum Gasteiger partial charge on any atom is -0.339 e. The van der Waals surface area contributed by atoms with E-state index < -0.39 is 0 Å². The zero-order valence-corrected chi connectivity index (χ0v) is 12.3. The molecule has 0 aliphatic heterocycles. The van der Waals surface area contributed by atoms with Crippen LogP contribution >= 0.6 is 0 Å². The smallest absolute Gasteiger partial charge is 0.253 e. The van der Waals surface area contributed by atoms with Gasteiger partial charge in [0.15, 0.2) is 5.82 Å². The second kappa shape index (κ2) is 6.34. The van der Waals surface area contributed by atoms with Gasteiger partial charge in [-0.1, -0.05) is 35.0 Å². The summed E-state index contributed by atoms with van der Waals surface area (Å²) in [6, 6.07) is 9.66. The SMILES string of the molecule is Cc1ccc(Cc2noc(CCn3cnccc3=O)n2)cc1. The number of hydrogen-bond acceptors (Lipinski definition) is 5. The van der Waals surface area contributed by atoms with Crippen molar-refractivity contribution in [3.05, 3.63) is 76.1 Å². The Labute approximate surface area is 127 Å². The van der Waals surface area contributed by atoms with Crippen LogP contribution in [0.4, 0.5) is 0 Å². The van der Waals surface area contributed by atoms with E-state index >= 15 is 0 Å². The highest BCUT2D eigenvalue weighted by Gasteiger charge is 2.07. The van der Waals surface area contributed by atoms with Crippen molar-refractivity contribution in [1.29, 1.82) is 0 Å². The molecule has 0 bridgehead atoms. The molecule has 0 aliphatic rings. The second-order valence-corrected chi connectivity index (χ2v) is 5.13. The van der Waals surface area contributed by atoms with Gasteiger partial charge in [0, 0.05) is 31.6 Å². The van der Waals surface area contributed by atoms with Crippen molar-refractivity contribution in [2.45, 2.75) is 26.3 Å². The molecular weight excluding hydrogens is 280 g/mol. The van der Waals surface area contributed by atoms with Gasteiger partial charge < -0.3 is 4.52 Å². The quantitative estimate of drug-likeness (QED) is 0.717. The first-order chi connectivity index (χ1) is 10.7. The van der Waals surface area contributed by atoms with E-state index in [2.05, 4.69) is 46.3 Å². The summed E-state index contributed by atoms with van der Waals surface area (Å²) in [4.78, 5) is 19.9. The average Bonchev–Trinajstić information content (AvgIpc) is 2.96. The summed E-state index contributed by atoms with van der Waals surface area (Å²) < 4.78 is 6.74. The Morgan fingerprint density at radius 1 is 1.18 bits per heavy atom. The van der Waals surface area contributed by atoms with E-state index in [1.165, 1.54) is 28.7 Å². The van der Waals surface area contributed by atoms with Crippen LogP contribution in [0.15, 0.2) is 52.2 Å². The van der Waals surface area contributed by atoms with E-state index in [4.69, 9.17) is 4.52 Å². The molecule has 0 spiro atoms. The van der Waals surface area contributed by atoms with Crippen LogP contribution < -0.4 is 5.56 Å². The molecule has 0 amide bonds. The Bertz CT molecular complexity index is 805. The van der Waals surface area contributed by atoms with Crippen LogP contribution in [0.5, 0.6) is 0 Å². The van der Waals surface area contributed by atoms with Crippen LogP contribution in [-0.2, 0) is 19.4 Å². The fourth-order valence-electron chi connectivity index (χ4n) is 2.11. The van der Waals surface area contributed by atoms with Crippen molar-refractivity contribution in [2.24, 2.45) is 0 Å². The molecule has 0 saturated carbocycles. The lowest BCUT2D eigenvalue weighted by molar-refractivity contribution is 0.366. The van der Waals surface area contributed by atoms with Crippen molar-refractivity contribution in [1.82, 2.24) is 19.7 Å². The van der Waals surface area contributed by atoms with Crippen LogP contribution in [0, 0.1) is 6.92 Å². The van der Waals surface area contributed by atoms with Gasteiger partial charge in [-0.05, 0) is 12.5 Å². The van der Waals surface area contributed by atoms with E-state index in [0.717, 1.165) is 5.56 Å². The number of nitrogens with zero attached hydrogens (tertiary/aromatic N) is 4. The van der Waals surface area contributed by atoms with Gasteiger partial charge in [-0.3, -0.25) is 9.36 Å². The molecule has 3 aromatic rings. The van der Waals surface area contributed by atoms with Crippen LogP contribution in [-0.4, -0.2) is 19.7 Å². The number of benzene rings is 1. The average molecular weight is 296 g/mol. The lowest BCUT2D eigenvalue weighted by atomic mass is 10.1. The molecule has 22 heavy (non-hydrogen) atoms. The molecular formula is C16H16N4O2. The zero-order valence-electron chi connectivity index (χ0n) is 12.3. The maximum Gasteiger partial charge on any atom is 0.253 e. The first-order valence-electron chi connectivity index (χ1n) is 7.08. The lowest BCUT2D eigenvalue weighted by Gasteiger charge is -2.00. The summed E-state index contributed by atoms with van der Waals surface area (Å²) in [5.41, 5.74) is 2.27. The Morgan fingerprint density at radius 3 is 2.77 bits per heavy atom. The summed E-state index contributed by atoms with van der Waals surface area (Å²) in [6.07, 6.45) is 4.13. The maximum absolute atomic E-state index is 11.6. The second-order valence-electron chi connectivity index (χ2n) is 5.13. The Kier molecular flexibility index (Phi) is 4.09. The summed E-state index contributed by atoms with van der Waals surface area (Å²) in [5, 5.41) is 3.98. The van der Waals surface area contributed by atoms with Gasteiger partial charge in [0.25, 0.3) is 5.56 Å². The molecule has 3 rings (SSSR count). The Morgan fingerprint density at radius 2 is 2.00 bits per heavy atom. The molecule has 0 unspecified atom stereocenters. The first kappa shape index (κ1) is 14.2. The number of aromatic nitrogens is 4. The highest BCUT2D eigenvalue weighted by atomic mass is 16.5. The summed E-state index contributed by atoms with van der Waals surface area (Å²) >= 11 is 0. The Balaban J connectivity index is 1.63. The molecule has 0 aliphatic carbocycles. The number of rotatable bonds is 5. The number of hydrogen-bond donors (Lipinski definition) is 0. The molecule has 2 heterocycles. The molecule has 0 saturated heterocycles. The molecule has 6 nitrogen and oxygen atoms in total. The third-order valence-corrected chi connectivity index (χ3v) is 3.35. The summed E-state index contributed by atoms with van der Waals surface area (Å²) in [5.74, 6) is 1.18. The van der Waals surface area contributed by atoms with Crippen LogP contribution in [0.25, 0.3) is 0 Å². The molecule has 0 radical (unpaired) electrons. The fraction of sp³-hybridized carbons (Fsp3) is 0.250. The fourth-order valence-corrected chi connectivity index (χ4v) is 2.11. The largest absolute Gasteiger partial charge is 0.339 e. The van der Waals surface area contributed by atoms with E-state index in [-0.39, 0.29) is 5.56 Å². The molecule has 0 fully saturated rings. The lowest BCUT2D eigenvalue weighted by Crippen LogP contribution is -2.19.